The Morgan fingerprint density at radius 3 is 2.63 bits per heavy atom. The topological polar surface area (TPSA) is 52.0 Å². The van der Waals surface area contributed by atoms with E-state index >= 15 is 0 Å². The summed E-state index contributed by atoms with van der Waals surface area (Å²) in [5, 5.41) is 3.92. The Morgan fingerprint density at radius 2 is 1.91 bits per heavy atom. The van der Waals surface area contributed by atoms with Crippen LogP contribution in [0.4, 0.5) is 19.0 Å². The fourth-order valence-electron chi connectivity index (χ4n) is 3.54. The van der Waals surface area contributed by atoms with Crippen LogP contribution in [0, 0.1) is 6.92 Å². The predicted octanol–water partition coefficient (Wildman–Crippen LogP) is 6.94. The Kier molecular flexibility index (Phi) is 7.65. The van der Waals surface area contributed by atoms with Gasteiger partial charge in [-0.25, -0.2) is 4.98 Å². The van der Waals surface area contributed by atoms with E-state index in [4.69, 9.17) is 4.74 Å². The number of anilines is 1. The number of aryl methyl sites for hydroxylation is 3. The zero-order valence-corrected chi connectivity index (χ0v) is 20.2. The molecule has 0 unspecified atom stereocenters. The molecule has 0 radical (unpaired) electrons. The lowest BCUT2D eigenvalue weighted by Gasteiger charge is -2.17. The van der Waals surface area contributed by atoms with Gasteiger partial charge in [0, 0.05) is 29.9 Å². The minimum Gasteiger partial charge on any atom is -0.493 e. The highest BCUT2D eigenvalue weighted by molar-refractivity contribution is 8.00. The van der Waals surface area contributed by atoms with E-state index in [9.17, 15) is 13.2 Å². The number of fused-ring (bicyclic) bond motifs is 1. The number of hydrogen-bond acceptors (Lipinski definition) is 5. The highest BCUT2D eigenvalue weighted by Crippen LogP contribution is 2.32. The maximum atomic E-state index is 12.5. The zero-order chi connectivity index (χ0) is 24.8. The molecule has 2 aromatic heterocycles. The Balaban J connectivity index is 0.000000168. The van der Waals surface area contributed by atoms with Crippen molar-refractivity contribution in [1.82, 2.24) is 14.8 Å². The first-order valence-corrected chi connectivity index (χ1v) is 11.9. The summed E-state index contributed by atoms with van der Waals surface area (Å²) in [7, 11) is 1.69. The summed E-state index contributed by atoms with van der Waals surface area (Å²) in [6.07, 6.45) is 1.33. The van der Waals surface area contributed by atoms with Gasteiger partial charge in [-0.15, -0.1) is 0 Å². The predicted molar refractivity (Wildman–Crippen MR) is 132 cm³/mol. The fraction of sp³-hybridized carbons (Fsp3) is 0.231. The zero-order valence-electron chi connectivity index (χ0n) is 19.3. The molecule has 0 saturated carbocycles. The maximum absolute atomic E-state index is 12.5. The van der Waals surface area contributed by atoms with Crippen LogP contribution in [0.2, 0.25) is 0 Å². The molecule has 9 heteroatoms. The summed E-state index contributed by atoms with van der Waals surface area (Å²) in [6.45, 7) is 2.86. The van der Waals surface area contributed by atoms with Gasteiger partial charge in [-0.2, -0.15) is 18.3 Å². The van der Waals surface area contributed by atoms with Crippen molar-refractivity contribution in [2.45, 2.75) is 30.8 Å². The van der Waals surface area contributed by atoms with Crippen molar-refractivity contribution < 1.29 is 17.9 Å². The van der Waals surface area contributed by atoms with E-state index in [1.165, 1.54) is 16.3 Å². The third-order valence-electron chi connectivity index (χ3n) is 5.38. The second-order valence-electron chi connectivity index (χ2n) is 8.07. The van der Waals surface area contributed by atoms with Gasteiger partial charge in [-0.3, -0.25) is 4.68 Å². The number of benzene rings is 2. The minimum absolute atomic E-state index is 0.509. The highest BCUT2D eigenvalue weighted by atomic mass is 32.2. The number of nitrogens with one attached hydrogen (secondary N) is 1. The minimum atomic E-state index is -4.31. The van der Waals surface area contributed by atoms with Crippen LogP contribution in [-0.4, -0.2) is 21.4 Å². The average molecular weight is 499 g/mol. The summed E-state index contributed by atoms with van der Waals surface area (Å²) in [5.41, 5.74) is 2.99. The quantitative estimate of drug-likeness (QED) is 0.309. The van der Waals surface area contributed by atoms with Gasteiger partial charge >= 0.3 is 6.18 Å². The highest BCUT2D eigenvalue weighted by Gasteiger charge is 2.30. The van der Waals surface area contributed by atoms with E-state index in [1.807, 2.05) is 25.3 Å². The van der Waals surface area contributed by atoms with Crippen molar-refractivity contribution in [3.05, 3.63) is 89.7 Å². The molecule has 182 valence electrons. The van der Waals surface area contributed by atoms with E-state index in [1.54, 1.807) is 37.3 Å². The third-order valence-corrected chi connectivity index (χ3v) is 6.18. The Labute approximate surface area is 206 Å². The van der Waals surface area contributed by atoms with Gasteiger partial charge in [-0.05, 0) is 79.2 Å². The van der Waals surface area contributed by atoms with Crippen LogP contribution < -0.4 is 9.46 Å². The van der Waals surface area contributed by atoms with Gasteiger partial charge in [0.15, 0.2) is 0 Å². The number of nitrogens with zero attached hydrogens (tertiary/aromatic N) is 3. The first kappa shape index (κ1) is 24.7. The van der Waals surface area contributed by atoms with Gasteiger partial charge in [0.05, 0.1) is 17.9 Å². The summed E-state index contributed by atoms with van der Waals surface area (Å²) in [4.78, 5) is 5.46. The number of hydrogen-bond donors (Lipinski definition) is 1. The first-order chi connectivity index (χ1) is 16.8. The van der Waals surface area contributed by atoms with Crippen LogP contribution in [0.15, 0.2) is 78.0 Å². The van der Waals surface area contributed by atoms with Crippen molar-refractivity contribution in [2.75, 3.05) is 11.3 Å². The van der Waals surface area contributed by atoms with Crippen LogP contribution in [0.3, 0.4) is 0 Å². The van der Waals surface area contributed by atoms with Gasteiger partial charge in [-0.1, -0.05) is 24.3 Å². The molecule has 0 bridgehead atoms. The molecule has 5 rings (SSSR count). The van der Waals surface area contributed by atoms with Crippen LogP contribution in [0.5, 0.6) is 5.75 Å². The van der Waals surface area contributed by atoms with Crippen LogP contribution in [0.1, 0.15) is 23.1 Å². The molecule has 0 spiro atoms. The lowest BCUT2D eigenvalue weighted by atomic mass is 10.1. The molecule has 0 atom stereocenters. The number of halogens is 3. The molecule has 0 saturated heterocycles. The molecule has 1 aliphatic rings. The second-order valence-corrected chi connectivity index (χ2v) is 8.94. The fourth-order valence-corrected chi connectivity index (χ4v) is 4.18. The summed E-state index contributed by atoms with van der Waals surface area (Å²) < 4.78 is 47.9. The molecule has 4 aromatic rings. The molecular weight excluding hydrogens is 473 g/mol. The van der Waals surface area contributed by atoms with Crippen molar-refractivity contribution in [2.24, 2.45) is 7.05 Å². The monoisotopic (exact) mass is 498 g/mol. The van der Waals surface area contributed by atoms with Gasteiger partial charge in [0.1, 0.15) is 11.6 Å². The molecule has 5 nitrogen and oxygen atoms in total. The van der Waals surface area contributed by atoms with Crippen molar-refractivity contribution >= 4 is 17.8 Å². The molecule has 35 heavy (non-hydrogen) atoms. The number of rotatable bonds is 4. The Morgan fingerprint density at radius 1 is 1.06 bits per heavy atom. The lowest BCUT2D eigenvalue weighted by molar-refractivity contribution is -0.137. The van der Waals surface area contributed by atoms with Crippen LogP contribution in [0.25, 0.3) is 11.3 Å². The van der Waals surface area contributed by atoms with Gasteiger partial charge in [0.25, 0.3) is 0 Å². The number of alkyl halides is 3. The molecular formula is C26H25F3N4OS. The van der Waals surface area contributed by atoms with Crippen molar-refractivity contribution in [3.63, 3.8) is 0 Å². The maximum Gasteiger partial charge on any atom is 0.416 e. The molecule has 0 fully saturated rings. The standard InChI is InChI=1S/C15H16N2OS.C11H9F3N2/c1-11-4-7-15(16-10-11)17-19-13-6-5-12-3-2-8-18-14(12)9-13;1-16-10(5-6-15-16)8-3-2-4-9(7-8)11(12,13)14/h4-7,9-10H,2-3,8H2,1H3,(H,16,17);2-7H,1H3. The lowest BCUT2D eigenvalue weighted by Crippen LogP contribution is -2.08. The largest absolute Gasteiger partial charge is 0.493 e. The van der Waals surface area contributed by atoms with Gasteiger partial charge in [0.2, 0.25) is 0 Å². The van der Waals surface area contributed by atoms with E-state index in [2.05, 4.69) is 33.0 Å². The normalized spacial score (nSPS) is 12.7. The third kappa shape index (κ3) is 6.57. The second kappa shape index (κ2) is 10.9. The van der Waals surface area contributed by atoms with E-state index < -0.39 is 11.7 Å². The van der Waals surface area contributed by atoms with Crippen LogP contribution >= 0.6 is 11.9 Å². The van der Waals surface area contributed by atoms with E-state index in [-0.39, 0.29) is 0 Å². The summed E-state index contributed by atoms with van der Waals surface area (Å²) >= 11 is 1.56. The SMILES string of the molecule is Cc1ccc(NSc2ccc3c(c2)OCCC3)nc1.Cn1nccc1-c1cccc(C(F)(F)F)c1. The van der Waals surface area contributed by atoms with Crippen molar-refractivity contribution in [3.8, 4) is 17.0 Å². The van der Waals surface area contributed by atoms with E-state index in [0.717, 1.165) is 53.6 Å². The molecule has 2 aromatic carbocycles. The Bertz CT molecular complexity index is 1270. The molecule has 0 amide bonds. The Hall–Kier alpha value is -3.46. The van der Waals surface area contributed by atoms with Gasteiger partial charge < -0.3 is 9.46 Å². The van der Waals surface area contributed by atoms with E-state index in [0.29, 0.717) is 11.3 Å². The number of aromatic nitrogens is 3. The van der Waals surface area contributed by atoms with Crippen LogP contribution in [-0.2, 0) is 19.6 Å². The summed E-state index contributed by atoms with van der Waals surface area (Å²) in [6, 6.07) is 17.3. The molecule has 3 heterocycles. The molecule has 1 aliphatic heterocycles. The average Bonchev–Trinajstić information content (AvgIpc) is 3.29. The smallest absolute Gasteiger partial charge is 0.416 e. The molecule has 1 N–H and O–H groups in total. The number of ether oxygens (including phenoxy) is 1. The first-order valence-electron chi connectivity index (χ1n) is 11.1. The van der Waals surface area contributed by atoms with Crippen molar-refractivity contribution in [1.29, 1.82) is 0 Å². The number of pyridine rings is 1. The summed E-state index contributed by atoms with van der Waals surface area (Å²) in [5.74, 6) is 1.89. The molecule has 0 aliphatic carbocycles.